The van der Waals surface area contributed by atoms with Gasteiger partial charge in [0.1, 0.15) is 12.0 Å². The Morgan fingerprint density at radius 2 is 1.89 bits per heavy atom. The molecule has 1 fully saturated rings. The second-order valence-corrected chi connectivity index (χ2v) is 5.49. The number of nitrogens with two attached hydrogens (primary N) is 1. The molecule has 1 aromatic heterocycles. The third-order valence-electron chi connectivity index (χ3n) is 3.72. The van der Waals surface area contributed by atoms with Crippen molar-refractivity contribution in [2.75, 3.05) is 19.6 Å². The topological polar surface area (TPSA) is 55.0 Å². The monoisotopic (exact) mass is 266 g/mol. The number of rotatable bonds is 4. The van der Waals surface area contributed by atoms with E-state index in [2.05, 4.69) is 28.7 Å². The van der Waals surface area contributed by atoms with Gasteiger partial charge >= 0.3 is 0 Å². The minimum absolute atomic E-state index is 0.105. The number of halogens is 1. The van der Waals surface area contributed by atoms with E-state index in [0.717, 1.165) is 24.5 Å². The highest BCUT2D eigenvalue weighted by Crippen LogP contribution is 2.24. The van der Waals surface area contributed by atoms with Crippen LogP contribution in [0, 0.1) is 0 Å². The van der Waals surface area contributed by atoms with E-state index in [9.17, 15) is 4.39 Å². The second kappa shape index (κ2) is 6.39. The van der Waals surface area contributed by atoms with Crippen molar-refractivity contribution in [3.8, 4) is 0 Å². The lowest BCUT2D eigenvalue weighted by Crippen LogP contribution is -2.40. The smallest absolute Gasteiger partial charge is 0.130 e. The van der Waals surface area contributed by atoms with Crippen LogP contribution in [0.15, 0.2) is 12.4 Å². The molecule has 0 saturated carbocycles. The number of nitrogens with zero attached hydrogens (tertiary/aromatic N) is 3. The third kappa shape index (κ3) is 3.48. The zero-order valence-corrected chi connectivity index (χ0v) is 11.7. The highest BCUT2D eigenvalue weighted by atomic mass is 19.1. The highest BCUT2D eigenvalue weighted by Gasteiger charge is 2.25. The van der Waals surface area contributed by atoms with Crippen molar-refractivity contribution in [1.82, 2.24) is 14.9 Å². The molecule has 0 aliphatic carbocycles. The molecule has 2 rings (SSSR count). The van der Waals surface area contributed by atoms with Crippen LogP contribution in [0.3, 0.4) is 0 Å². The quantitative estimate of drug-likeness (QED) is 0.906. The van der Waals surface area contributed by atoms with Crippen LogP contribution in [-0.2, 0) is 0 Å². The minimum Gasteiger partial charge on any atom is -0.329 e. The van der Waals surface area contributed by atoms with Gasteiger partial charge in [-0.25, -0.2) is 14.4 Å². The molecular formula is C14H23FN4. The minimum atomic E-state index is -0.658. The number of likely N-dealkylation sites (tertiary alicyclic amines) is 1. The van der Waals surface area contributed by atoms with E-state index in [4.69, 9.17) is 5.73 Å². The first-order chi connectivity index (χ1) is 9.11. The molecule has 1 aliphatic rings. The van der Waals surface area contributed by atoms with Gasteiger partial charge in [-0.05, 0) is 12.8 Å². The molecular weight excluding hydrogens is 243 g/mol. The van der Waals surface area contributed by atoms with Crippen molar-refractivity contribution in [1.29, 1.82) is 0 Å². The fraction of sp³-hybridized carbons (Fsp3) is 0.714. The van der Waals surface area contributed by atoms with Crippen LogP contribution in [0.25, 0.3) is 0 Å². The van der Waals surface area contributed by atoms with E-state index in [0.29, 0.717) is 25.3 Å². The van der Waals surface area contributed by atoms with Crippen LogP contribution in [0.5, 0.6) is 0 Å². The molecule has 106 valence electrons. The molecule has 5 heteroatoms. The van der Waals surface area contributed by atoms with E-state index in [1.54, 1.807) is 0 Å². The lowest BCUT2D eigenvalue weighted by atomic mass is 10.0. The standard InChI is InChI=1S/C14H23FN4/c1-10(2)14-17-8-11(9-18-14)13(7-16)19-5-3-12(15)4-6-19/h8-10,12-13H,3-7,16H2,1-2H3. The lowest BCUT2D eigenvalue weighted by Gasteiger charge is -2.35. The van der Waals surface area contributed by atoms with Crippen LogP contribution in [0.1, 0.15) is 50.0 Å². The van der Waals surface area contributed by atoms with Gasteiger partial charge < -0.3 is 5.73 Å². The fourth-order valence-electron chi connectivity index (χ4n) is 2.49. The molecule has 1 aliphatic heterocycles. The first-order valence-electron chi connectivity index (χ1n) is 7.01. The van der Waals surface area contributed by atoms with Crippen LogP contribution in [0.2, 0.25) is 0 Å². The average molecular weight is 266 g/mol. The molecule has 1 atom stereocenters. The maximum absolute atomic E-state index is 13.2. The maximum atomic E-state index is 13.2. The van der Waals surface area contributed by atoms with Gasteiger partial charge in [0.05, 0.1) is 6.04 Å². The first-order valence-corrected chi connectivity index (χ1v) is 7.01. The number of piperidine rings is 1. The number of alkyl halides is 1. The van der Waals surface area contributed by atoms with Gasteiger partial charge in [-0.15, -0.1) is 0 Å². The molecule has 1 saturated heterocycles. The number of hydrogen-bond donors (Lipinski definition) is 1. The summed E-state index contributed by atoms with van der Waals surface area (Å²) < 4.78 is 13.2. The predicted molar refractivity (Wildman–Crippen MR) is 73.6 cm³/mol. The SMILES string of the molecule is CC(C)c1ncc(C(CN)N2CCC(F)CC2)cn1. The van der Waals surface area contributed by atoms with Crippen molar-refractivity contribution < 1.29 is 4.39 Å². The summed E-state index contributed by atoms with van der Waals surface area (Å²) >= 11 is 0. The summed E-state index contributed by atoms with van der Waals surface area (Å²) in [4.78, 5) is 11.0. The van der Waals surface area contributed by atoms with Crippen molar-refractivity contribution in [3.63, 3.8) is 0 Å². The normalized spacial score (nSPS) is 19.8. The molecule has 0 aromatic carbocycles. The summed E-state index contributed by atoms with van der Waals surface area (Å²) in [7, 11) is 0. The zero-order chi connectivity index (χ0) is 13.8. The van der Waals surface area contributed by atoms with Gasteiger partial charge in [-0.2, -0.15) is 0 Å². The predicted octanol–water partition coefficient (Wildman–Crippen LogP) is 2.03. The lowest BCUT2D eigenvalue weighted by molar-refractivity contribution is 0.113. The maximum Gasteiger partial charge on any atom is 0.130 e. The van der Waals surface area contributed by atoms with E-state index < -0.39 is 6.17 Å². The summed E-state index contributed by atoms with van der Waals surface area (Å²) in [5.41, 5.74) is 6.91. The van der Waals surface area contributed by atoms with Gasteiger partial charge in [-0.1, -0.05) is 13.8 Å². The van der Waals surface area contributed by atoms with Gasteiger partial charge in [-0.3, -0.25) is 4.90 Å². The van der Waals surface area contributed by atoms with Crippen LogP contribution < -0.4 is 5.73 Å². The number of hydrogen-bond acceptors (Lipinski definition) is 4. The molecule has 1 unspecified atom stereocenters. The van der Waals surface area contributed by atoms with Crippen molar-refractivity contribution in [2.24, 2.45) is 5.73 Å². The Morgan fingerprint density at radius 3 is 2.37 bits per heavy atom. The molecule has 2 N–H and O–H groups in total. The highest BCUT2D eigenvalue weighted by molar-refractivity contribution is 5.13. The van der Waals surface area contributed by atoms with E-state index in [-0.39, 0.29) is 6.04 Å². The number of aromatic nitrogens is 2. The van der Waals surface area contributed by atoms with Crippen LogP contribution in [0.4, 0.5) is 4.39 Å². The van der Waals surface area contributed by atoms with E-state index in [1.165, 1.54) is 0 Å². The first kappa shape index (κ1) is 14.3. The van der Waals surface area contributed by atoms with Crippen molar-refractivity contribution in [2.45, 2.75) is 44.8 Å². The summed E-state index contributed by atoms with van der Waals surface area (Å²) in [6.45, 7) is 6.17. The largest absolute Gasteiger partial charge is 0.329 e. The molecule has 0 amide bonds. The Bertz CT molecular complexity index is 385. The Labute approximate surface area is 114 Å². The van der Waals surface area contributed by atoms with Gasteiger partial charge in [0.25, 0.3) is 0 Å². The summed E-state index contributed by atoms with van der Waals surface area (Å²) in [6, 6.07) is 0.105. The molecule has 4 nitrogen and oxygen atoms in total. The third-order valence-corrected chi connectivity index (χ3v) is 3.72. The van der Waals surface area contributed by atoms with E-state index >= 15 is 0 Å². The summed E-state index contributed by atoms with van der Waals surface area (Å²) in [5.74, 6) is 1.18. The van der Waals surface area contributed by atoms with Gasteiger partial charge in [0.15, 0.2) is 0 Å². The van der Waals surface area contributed by atoms with Crippen molar-refractivity contribution in [3.05, 3.63) is 23.8 Å². The second-order valence-electron chi connectivity index (χ2n) is 5.49. The molecule has 0 bridgehead atoms. The van der Waals surface area contributed by atoms with Crippen LogP contribution in [-0.4, -0.2) is 40.7 Å². The molecule has 2 heterocycles. The Hall–Kier alpha value is -1.07. The average Bonchev–Trinajstić information content (AvgIpc) is 2.42. The molecule has 0 radical (unpaired) electrons. The molecule has 1 aromatic rings. The Kier molecular flexibility index (Phi) is 4.82. The van der Waals surface area contributed by atoms with Crippen molar-refractivity contribution >= 4 is 0 Å². The molecule has 19 heavy (non-hydrogen) atoms. The van der Waals surface area contributed by atoms with Crippen LogP contribution >= 0.6 is 0 Å². The van der Waals surface area contributed by atoms with Gasteiger partial charge in [0, 0.05) is 43.5 Å². The molecule has 0 spiro atoms. The zero-order valence-electron chi connectivity index (χ0n) is 11.7. The summed E-state index contributed by atoms with van der Waals surface area (Å²) in [5, 5.41) is 0. The van der Waals surface area contributed by atoms with E-state index in [1.807, 2.05) is 12.4 Å². The Balaban J connectivity index is 2.08. The van der Waals surface area contributed by atoms with Gasteiger partial charge in [0.2, 0.25) is 0 Å². The summed E-state index contributed by atoms with van der Waals surface area (Å²) in [6.07, 6.45) is 4.26. The Morgan fingerprint density at radius 1 is 1.32 bits per heavy atom. The fourth-order valence-corrected chi connectivity index (χ4v) is 2.49.